The molecule has 2 rings (SSSR count). The number of rotatable bonds is 2. The van der Waals surface area contributed by atoms with Crippen LogP contribution in [0.15, 0.2) is 0 Å². The fourth-order valence-electron chi connectivity index (χ4n) is 2.07. The van der Waals surface area contributed by atoms with E-state index in [-0.39, 0.29) is 0 Å². The van der Waals surface area contributed by atoms with E-state index in [0.29, 0.717) is 5.41 Å². The second-order valence-corrected chi connectivity index (χ2v) is 3.92. The molecule has 2 N–H and O–H groups in total. The summed E-state index contributed by atoms with van der Waals surface area (Å²) in [5.41, 5.74) is 6.28. The Hall–Kier alpha value is -0.0400. The Kier molecular flexibility index (Phi) is 0.963. The predicted octanol–water partition coefficient (Wildman–Crippen LogP) is 1.38. The monoisotopic (exact) mass is 125 g/mol. The van der Waals surface area contributed by atoms with Crippen LogP contribution in [0.1, 0.15) is 26.2 Å². The van der Waals surface area contributed by atoms with E-state index in [9.17, 15) is 0 Å². The normalized spacial score (nSPS) is 49.3. The van der Waals surface area contributed by atoms with Crippen LogP contribution >= 0.6 is 0 Å². The van der Waals surface area contributed by atoms with E-state index >= 15 is 0 Å². The van der Waals surface area contributed by atoms with Gasteiger partial charge in [0.05, 0.1) is 0 Å². The van der Waals surface area contributed by atoms with Gasteiger partial charge in [0.15, 0.2) is 0 Å². The second kappa shape index (κ2) is 1.51. The molecule has 2 fully saturated rings. The lowest BCUT2D eigenvalue weighted by molar-refractivity contribution is 0.439. The Morgan fingerprint density at radius 2 is 2.22 bits per heavy atom. The summed E-state index contributed by atoms with van der Waals surface area (Å²) in [7, 11) is 0. The molecule has 2 saturated carbocycles. The largest absolute Gasteiger partial charge is 0.330 e. The average molecular weight is 125 g/mol. The van der Waals surface area contributed by atoms with Gasteiger partial charge in [-0.1, -0.05) is 6.92 Å². The summed E-state index contributed by atoms with van der Waals surface area (Å²) < 4.78 is 0. The molecule has 0 aromatic heterocycles. The van der Waals surface area contributed by atoms with Gasteiger partial charge in [-0.3, -0.25) is 0 Å². The van der Waals surface area contributed by atoms with Gasteiger partial charge in [-0.15, -0.1) is 0 Å². The molecule has 0 heterocycles. The first-order valence-electron chi connectivity index (χ1n) is 3.97. The van der Waals surface area contributed by atoms with Crippen molar-refractivity contribution in [1.29, 1.82) is 0 Å². The van der Waals surface area contributed by atoms with Crippen LogP contribution in [-0.4, -0.2) is 6.54 Å². The molecule has 52 valence electrons. The van der Waals surface area contributed by atoms with Gasteiger partial charge in [-0.25, -0.2) is 0 Å². The van der Waals surface area contributed by atoms with Gasteiger partial charge in [0.25, 0.3) is 0 Å². The van der Waals surface area contributed by atoms with Crippen LogP contribution in [0.4, 0.5) is 0 Å². The summed E-state index contributed by atoms with van der Waals surface area (Å²) in [4.78, 5) is 0. The summed E-state index contributed by atoms with van der Waals surface area (Å²) in [6.45, 7) is 3.33. The quantitative estimate of drug-likeness (QED) is 0.593. The van der Waals surface area contributed by atoms with Gasteiger partial charge >= 0.3 is 0 Å². The third-order valence-corrected chi connectivity index (χ3v) is 3.25. The van der Waals surface area contributed by atoms with Crippen molar-refractivity contribution in [3.8, 4) is 0 Å². The van der Waals surface area contributed by atoms with Crippen LogP contribution in [0.3, 0.4) is 0 Å². The van der Waals surface area contributed by atoms with Gasteiger partial charge in [-0.2, -0.15) is 0 Å². The standard InChI is InChI=1S/C8H15N/c1-8(6-2-3-6)4-7(8)5-9/h6-7H,2-5,9H2,1H3/t7-,8+/m1/s1. The van der Waals surface area contributed by atoms with E-state index in [4.69, 9.17) is 5.73 Å². The Balaban J connectivity index is 1.95. The topological polar surface area (TPSA) is 26.0 Å². The maximum atomic E-state index is 5.57. The molecule has 0 radical (unpaired) electrons. The van der Waals surface area contributed by atoms with Crippen LogP contribution in [0.25, 0.3) is 0 Å². The van der Waals surface area contributed by atoms with Gasteiger partial charge in [0.1, 0.15) is 0 Å². The van der Waals surface area contributed by atoms with Crippen molar-refractivity contribution >= 4 is 0 Å². The van der Waals surface area contributed by atoms with Crippen molar-refractivity contribution in [2.75, 3.05) is 6.54 Å². The zero-order chi connectivity index (χ0) is 6.48. The van der Waals surface area contributed by atoms with Crippen LogP contribution in [0.2, 0.25) is 0 Å². The van der Waals surface area contributed by atoms with Crippen LogP contribution in [0.5, 0.6) is 0 Å². The Bertz CT molecular complexity index is 129. The minimum atomic E-state index is 0.703. The molecule has 2 aliphatic rings. The van der Waals surface area contributed by atoms with E-state index in [1.807, 2.05) is 0 Å². The summed E-state index contributed by atoms with van der Waals surface area (Å²) in [6.07, 6.45) is 4.37. The summed E-state index contributed by atoms with van der Waals surface area (Å²) in [5.74, 6) is 1.94. The van der Waals surface area contributed by atoms with E-state index in [2.05, 4.69) is 6.92 Å². The molecule has 9 heavy (non-hydrogen) atoms. The van der Waals surface area contributed by atoms with Gasteiger partial charge in [-0.05, 0) is 43.1 Å². The average Bonchev–Trinajstić information content (AvgIpc) is 2.54. The van der Waals surface area contributed by atoms with Crippen molar-refractivity contribution < 1.29 is 0 Å². The van der Waals surface area contributed by atoms with Gasteiger partial charge in [0.2, 0.25) is 0 Å². The first kappa shape index (κ1) is 5.72. The molecule has 1 heteroatoms. The Labute approximate surface area is 56.6 Å². The maximum absolute atomic E-state index is 5.57. The van der Waals surface area contributed by atoms with E-state index in [1.54, 1.807) is 0 Å². The molecule has 0 aromatic carbocycles. The van der Waals surface area contributed by atoms with Crippen molar-refractivity contribution in [2.45, 2.75) is 26.2 Å². The second-order valence-electron chi connectivity index (χ2n) is 3.92. The summed E-state index contributed by atoms with van der Waals surface area (Å²) in [5, 5.41) is 0. The van der Waals surface area contributed by atoms with E-state index in [0.717, 1.165) is 18.4 Å². The number of nitrogens with two attached hydrogens (primary N) is 1. The minimum Gasteiger partial charge on any atom is -0.330 e. The van der Waals surface area contributed by atoms with Crippen LogP contribution < -0.4 is 5.73 Å². The molecule has 0 bridgehead atoms. The lowest BCUT2D eigenvalue weighted by atomic mass is 10.0. The zero-order valence-electron chi connectivity index (χ0n) is 6.06. The summed E-state index contributed by atoms with van der Waals surface area (Å²) >= 11 is 0. The fraction of sp³-hybridized carbons (Fsp3) is 1.00. The van der Waals surface area contributed by atoms with Crippen molar-refractivity contribution in [1.82, 2.24) is 0 Å². The highest BCUT2D eigenvalue weighted by Gasteiger charge is 2.57. The maximum Gasteiger partial charge on any atom is -0.00433 e. The van der Waals surface area contributed by atoms with Crippen molar-refractivity contribution in [3.05, 3.63) is 0 Å². The molecule has 0 aliphatic heterocycles. The third-order valence-electron chi connectivity index (χ3n) is 3.25. The fourth-order valence-corrected chi connectivity index (χ4v) is 2.07. The van der Waals surface area contributed by atoms with E-state index in [1.165, 1.54) is 19.3 Å². The highest BCUT2D eigenvalue weighted by atomic mass is 14.7. The third kappa shape index (κ3) is 0.710. The lowest BCUT2D eigenvalue weighted by Gasteiger charge is -2.06. The molecular weight excluding hydrogens is 110 g/mol. The van der Waals surface area contributed by atoms with E-state index < -0.39 is 0 Å². The van der Waals surface area contributed by atoms with Crippen molar-refractivity contribution in [3.63, 3.8) is 0 Å². The smallest absolute Gasteiger partial charge is 0.00433 e. The first-order valence-corrected chi connectivity index (χ1v) is 3.97. The van der Waals surface area contributed by atoms with Gasteiger partial charge < -0.3 is 5.73 Å². The SMILES string of the molecule is C[C@@]1(C2CC2)C[C@@H]1CN. The molecule has 0 saturated heterocycles. The highest BCUT2D eigenvalue weighted by molar-refractivity contribution is 5.07. The number of hydrogen-bond acceptors (Lipinski definition) is 1. The minimum absolute atomic E-state index is 0.703. The Morgan fingerprint density at radius 1 is 1.56 bits per heavy atom. The summed E-state index contributed by atoms with van der Waals surface area (Å²) in [6, 6.07) is 0. The van der Waals surface area contributed by atoms with Crippen LogP contribution in [0, 0.1) is 17.3 Å². The van der Waals surface area contributed by atoms with Gasteiger partial charge in [0, 0.05) is 0 Å². The first-order chi connectivity index (χ1) is 4.27. The molecule has 1 nitrogen and oxygen atoms in total. The predicted molar refractivity (Wildman–Crippen MR) is 38.0 cm³/mol. The number of hydrogen-bond donors (Lipinski definition) is 1. The van der Waals surface area contributed by atoms with Crippen LogP contribution in [-0.2, 0) is 0 Å². The van der Waals surface area contributed by atoms with Crippen molar-refractivity contribution in [2.24, 2.45) is 23.0 Å². The molecule has 0 aromatic rings. The zero-order valence-corrected chi connectivity index (χ0v) is 6.06. The lowest BCUT2D eigenvalue weighted by Crippen LogP contribution is -2.09. The molecule has 0 amide bonds. The molecule has 0 unspecified atom stereocenters. The highest BCUT2D eigenvalue weighted by Crippen LogP contribution is 2.64. The molecule has 0 spiro atoms. The molecule has 2 aliphatic carbocycles. The molecular formula is C8H15N. The Morgan fingerprint density at radius 3 is 2.56 bits per heavy atom. The molecule has 2 atom stereocenters.